The fourth-order valence-electron chi connectivity index (χ4n) is 0.984. The maximum atomic E-state index is 12.6. The lowest BCUT2D eigenvalue weighted by molar-refractivity contribution is -0.108. The zero-order chi connectivity index (χ0) is 13.0. The van der Waals surface area contributed by atoms with Gasteiger partial charge in [0, 0.05) is 1.43 Å². The Balaban J connectivity index is -0.000000355. The summed E-state index contributed by atoms with van der Waals surface area (Å²) in [4.78, 5) is 10.2. The van der Waals surface area contributed by atoms with Crippen molar-refractivity contribution in [1.29, 1.82) is 0 Å². The Labute approximate surface area is 99.1 Å². The number of carbonyl (C=O) groups excluding carboxylic acids is 1. The second kappa shape index (κ2) is 11.9. The number of nitrogens with two attached hydrogens (primary N) is 1. The zero-order valence-corrected chi connectivity index (χ0v) is 10.5. The normalized spacial score (nSPS) is 10.1. The first kappa shape index (κ1) is 17.2. The highest BCUT2D eigenvalue weighted by atomic mass is 19.1. The molecule has 0 amide bonds. The Morgan fingerprint density at radius 2 is 1.94 bits per heavy atom. The molecular weight excluding hydrogens is 205 g/mol. The molecule has 2 N–H and O–H groups in total. The van der Waals surface area contributed by atoms with E-state index in [1.54, 1.807) is 12.1 Å². The third-order valence-electron chi connectivity index (χ3n) is 1.54. The van der Waals surface area contributed by atoms with Crippen LogP contribution in [0, 0.1) is 5.82 Å². The van der Waals surface area contributed by atoms with Crippen LogP contribution in [0.4, 0.5) is 4.39 Å². The Kier molecular flexibility index (Phi) is 12.7. The summed E-state index contributed by atoms with van der Waals surface area (Å²) in [5, 5.41) is 0. The number of hydrogen-bond donors (Lipinski definition) is 1. The summed E-state index contributed by atoms with van der Waals surface area (Å²) < 4.78 is 12.6. The van der Waals surface area contributed by atoms with Crippen molar-refractivity contribution in [3.05, 3.63) is 35.6 Å². The fourth-order valence-corrected chi connectivity index (χ4v) is 0.984. The number of rotatable bonds is 3. The van der Waals surface area contributed by atoms with Crippen molar-refractivity contribution < 1.29 is 10.6 Å². The molecule has 0 spiro atoms. The summed E-state index contributed by atoms with van der Waals surface area (Å²) >= 11 is 0. The van der Waals surface area contributed by atoms with E-state index in [1.165, 1.54) is 12.1 Å². The van der Waals surface area contributed by atoms with Crippen LogP contribution in [-0.4, -0.2) is 12.3 Å². The first-order valence-corrected chi connectivity index (χ1v) is 5.67. The van der Waals surface area contributed by atoms with E-state index in [0.29, 0.717) is 12.7 Å². The van der Waals surface area contributed by atoms with Crippen molar-refractivity contribution in [3.63, 3.8) is 0 Å². The minimum Gasteiger partial charge on any atom is -0.321 e. The number of benzene rings is 1. The maximum Gasteiger partial charge on any atom is 0.137 e. The summed E-state index contributed by atoms with van der Waals surface area (Å²) in [6.07, 6.45) is 1.05. The second-order valence-electron chi connectivity index (χ2n) is 2.63. The predicted octanol–water partition coefficient (Wildman–Crippen LogP) is 3.19. The zero-order valence-electron chi connectivity index (χ0n) is 10.5. The average Bonchev–Trinajstić information content (AvgIpc) is 2.34. The molecule has 0 fully saturated rings. The van der Waals surface area contributed by atoms with Gasteiger partial charge in [0.2, 0.25) is 0 Å². The van der Waals surface area contributed by atoms with E-state index in [1.807, 2.05) is 27.7 Å². The molecule has 1 atom stereocenters. The van der Waals surface area contributed by atoms with Gasteiger partial charge in [-0.1, -0.05) is 39.8 Å². The van der Waals surface area contributed by atoms with Gasteiger partial charge in [-0.25, -0.2) is 4.39 Å². The van der Waals surface area contributed by atoms with Gasteiger partial charge in [-0.3, -0.25) is 0 Å². The third-order valence-corrected chi connectivity index (χ3v) is 1.54. The van der Waals surface area contributed by atoms with Gasteiger partial charge < -0.3 is 10.5 Å². The van der Waals surface area contributed by atoms with Crippen LogP contribution in [0.3, 0.4) is 0 Å². The summed E-state index contributed by atoms with van der Waals surface area (Å²) in [6.45, 7) is 8.00. The largest absolute Gasteiger partial charge is 0.321 e. The van der Waals surface area contributed by atoms with Crippen molar-refractivity contribution in [2.24, 2.45) is 5.73 Å². The molecule has 0 bridgehead atoms. The standard InChI is InChI=1S/C9H10FNO.2C2H6.H2/c10-8-3-1-2-7(4-8)5-9(11)6-12;2*1-2;/h1-4,6,9H,5,11H2;2*1-2H3;1H/t9-;;;/m0.../s1. The van der Waals surface area contributed by atoms with Crippen molar-refractivity contribution in [2.75, 3.05) is 0 Å². The highest BCUT2D eigenvalue weighted by Crippen LogP contribution is 2.04. The molecule has 94 valence electrons. The SMILES string of the molecule is CC.CC.N[C@H](C=O)Cc1cccc(F)c1.[HH]. The first-order chi connectivity index (χ1) is 7.72. The van der Waals surface area contributed by atoms with E-state index in [4.69, 9.17) is 5.73 Å². The van der Waals surface area contributed by atoms with Crippen LogP contribution >= 0.6 is 0 Å². The highest BCUT2D eigenvalue weighted by molar-refractivity contribution is 5.57. The molecule has 0 aliphatic rings. The Bertz CT molecular complexity index is 282. The summed E-state index contributed by atoms with van der Waals surface area (Å²) in [5.41, 5.74) is 6.11. The van der Waals surface area contributed by atoms with Crippen LogP contribution in [0.1, 0.15) is 34.7 Å². The van der Waals surface area contributed by atoms with Crippen LogP contribution < -0.4 is 5.73 Å². The maximum absolute atomic E-state index is 12.6. The van der Waals surface area contributed by atoms with E-state index in [9.17, 15) is 9.18 Å². The molecule has 0 aromatic heterocycles. The van der Waals surface area contributed by atoms with Gasteiger partial charge in [-0.2, -0.15) is 0 Å². The molecule has 0 aliphatic heterocycles. The Morgan fingerprint density at radius 1 is 1.38 bits per heavy atom. The van der Waals surface area contributed by atoms with E-state index in [-0.39, 0.29) is 7.24 Å². The first-order valence-electron chi connectivity index (χ1n) is 5.67. The molecule has 0 aliphatic carbocycles. The lowest BCUT2D eigenvalue weighted by Gasteiger charge is -2.02. The van der Waals surface area contributed by atoms with Crippen molar-refractivity contribution in [1.82, 2.24) is 0 Å². The molecule has 0 heterocycles. The molecule has 1 aromatic carbocycles. The number of aldehydes is 1. The van der Waals surface area contributed by atoms with E-state index >= 15 is 0 Å². The van der Waals surface area contributed by atoms with Crippen LogP contribution in [0.5, 0.6) is 0 Å². The molecule has 2 nitrogen and oxygen atoms in total. The Morgan fingerprint density at radius 3 is 2.38 bits per heavy atom. The minimum absolute atomic E-state index is 0. The lowest BCUT2D eigenvalue weighted by atomic mass is 10.1. The summed E-state index contributed by atoms with van der Waals surface area (Å²) in [6, 6.07) is 5.54. The van der Waals surface area contributed by atoms with Crippen LogP contribution in [-0.2, 0) is 11.2 Å². The molecule has 0 saturated carbocycles. The smallest absolute Gasteiger partial charge is 0.137 e. The third kappa shape index (κ3) is 8.12. The van der Waals surface area contributed by atoms with Gasteiger partial charge in [0.05, 0.1) is 6.04 Å². The molecule has 1 rings (SSSR count). The van der Waals surface area contributed by atoms with Crippen LogP contribution in [0.25, 0.3) is 0 Å². The average molecular weight is 229 g/mol. The number of halogens is 1. The molecule has 1 aromatic rings. The lowest BCUT2D eigenvalue weighted by Crippen LogP contribution is -2.24. The van der Waals surface area contributed by atoms with Crippen molar-refractivity contribution in [2.45, 2.75) is 40.2 Å². The molecule has 0 radical (unpaired) electrons. The van der Waals surface area contributed by atoms with Crippen LogP contribution in [0.15, 0.2) is 24.3 Å². The Hall–Kier alpha value is -1.22. The quantitative estimate of drug-likeness (QED) is 0.809. The number of hydrogen-bond acceptors (Lipinski definition) is 2. The molecule has 0 saturated heterocycles. The van der Waals surface area contributed by atoms with Gasteiger partial charge in [-0.05, 0) is 24.1 Å². The topological polar surface area (TPSA) is 43.1 Å². The van der Waals surface area contributed by atoms with Crippen LogP contribution in [0.2, 0.25) is 0 Å². The summed E-state index contributed by atoms with van der Waals surface area (Å²) in [7, 11) is 0. The molecule has 3 heteroatoms. The van der Waals surface area contributed by atoms with Gasteiger partial charge >= 0.3 is 0 Å². The predicted molar refractivity (Wildman–Crippen MR) is 69.0 cm³/mol. The molecular formula is C13H24FNO. The molecule has 16 heavy (non-hydrogen) atoms. The minimum atomic E-state index is -0.535. The van der Waals surface area contributed by atoms with E-state index in [2.05, 4.69) is 0 Å². The monoisotopic (exact) mass is 229 g/mol. The van der Waals surface area contributed by atoms with Gasteiger partial charge in [0.25, 0.3) is 0 Å². The van der Waals surface area contributed by atoms with Gasteiger partial charge in [-0.15, -0.1) is 0 Å². The fraction of sp³-hybridized carbons (Fsp3) is 0.462. The van der Waals surface area contributed by atoms with E-state index in [0.717, 1.165) is 5.56 Å². The van der Waals surface area contributed by atoms with Crippen molar-refractivity contribution in [3.8, 4) is 0 Å². The molecule has 0 unspecified atom stereocenters. The van der Waals surface area contributed by atoms with Gasteiger partial charge in [0.15, 0.2) is 0 Å². The van der Waals surface area contributed by atoms with Gasteiger partial charge in [0.1, 0.15) is 12.1 Å². The van der Waals surface area contributed by atoms with Crippen molar-refractivity contribution >= 4 is 6.29 Å². The number of carbonyl (C=O) groups is 1. The van der Waals surface area contributed by atoms with E-state index < -0.39 is 6.04 Å². The second-order valence-corrected chi connectivity index (χ2v) is 2.63. The summed E-state index contributed by atoms with van der Waals surface area (Å²) in [5.74, 6) is -0.300. The highest BCUT2D eigenvalue weighted by Gasteiger charge is 2.01.